The number of sulfonamides is 2. The standard InChI is InChI=1S/C27H31N3O6S2/c1-37(32,33)30(21-22-7-3-2-4-8-22)24-11-9-23(10-12-24)27(31)28-17-20-36-25-13-15-26(16-14-25)38(34,35)29-18-5-6-19-29/h2-4,7-16H,5-6,17-21H2,1H3,(H,28,31). The number of rotatable bonds is 11. The molecule has 3 aromatic rings. The molecular formula is C27H31N3O6S2. The maximum Gasteiger partial charge on any atom is 0.251 e. The van der Waals surface area contributed by atoms with Gasteiger partial charge in [-0.1, -0.05) is 30.3 Å². The van der Waals surface area contributed by atoms with Gasteiger partial charge in [0, 0.05) is 18.7 Å². The number of anilines is 1. The molecule has 4 rings (SSSR count). The molecule has 1 saturated heterocycles. The van der Waals surface area contributed by atoms with Crippen molar-refractivity contribution in [3.8, 4) is 5.75 Å². The van der Waals surface area contributed by atoms with Crippen LogP contribution in [-0.4, -0.2) is 59.5 Å². The van der Waals surface area contributed by atoms with Crippen LogP contribution >= 0.6 is 0 Å². The summed E-state index contributed by atoms with van der Waals surface area (Å²) in [5.41, 5.74) is 1.70. The van der Waals surface area contributed by atoms with E-state index in [1.54, 1.807) is 36.4 Å². The molecule has 11 heteroatoms. The maximum absolute atomic E-state index is 12.6. The van der Waals surface area contributed by atoms with Gasteiger partial charge in [0.05, 0.1) is 29.9 Å². The third-order valence-electron chi connectivity index (χ3n) is 6.17. The van der Waals surface area contributed by atoms with Gasteiger partial charge in [0.1, 0.15) is 12.4 Å². The van der Waals surface area contributed by atoms with Gasteiger partial charge in [-0.2, -0.15) is 4.31 Å². The van der Waals surface area contributed by atoms with Crippen molar-refractivity contribution in [1.82, 2.24) is 9.62 Å². The first-order chi connectivity index (χ1) is 18.1. The van der Waals surface area contributed by atoms with Crippen LogP contribution in [0.3, 0.4) is 0 Å². The molecule has 38 heavy (non-hydrogen) atoms. The zero-order chi connectivity index (χ0) is 27.2. The summed E-state index contributed by atoms with van der Waals surface area (Å²) in [7, 11) is -7.00. The SMILES string of the molecule is CS(=O)(=O)N(Cc1ccccc1)c1ccc(C(=O)NCCOc2ccc(S(=O)(=O)N3CCCC3)cc2)cc1. The molecule has 1 fully saturated rings. The molecule has 0 unspecified atom stereocenters. The van der Waals surface area contributed by atoms with Crippen molar-refractivity contribution in [2.24, 2.45) is 0 Å². The van der Waals surface area contributed by atoms with Crippen molar-refractivity contribution in [3.63, 3.8) is 0 Å². The lowest BCUT2D eigenvalue weighted by atomic mass is 10.2. The Kier molecular flexibility index (Phi) is 8.70. The average molecular weight is 558 g/mol. The van der Waals surface area contributed by atoms with Crippen LogP contribution in [0.15, 0.2) is 83.8 Å². The second-order valence-electron chi connectivity index (χ2n) is 8.99. The Balaban J connectivity index is 1.28. The number of hydrogen-bond acceptors (Lipinski definition) is 6. The van der Waals surface area contributed by atoms with E-state index in [0.29, 0.717) is 30.1 Å². The van der Waals surface area contributed by atoms with E-state index >= 15 is 0 Å². The number of hydrogen-bond donors (Lipinski definition) is 1. The molecule has 0 radical (unpaired) electrons. The molecule has 0 atom stereocenters. The summed E-state index contributed by atoms with van der Waals surface area (Å²) >= 11 is 0. The average Bonchev–Trinajstić information content (AvgIpc) is 3.46. The number of ether oxygens (including phenoxy) is 1. The largest absolute Gasteiger partial charge is 0.492 e. The quantitative estimate of drug-likeness (QED) is 0.362. The number of nitrogens with zero attached hydrogens (tertiary/aromatic N) is 2. The van der Waals surface area contributed by atoms with Crippen LogP contribution < -0.4 is 14.4 Å². The third-order valence-corrected chi connectivity index (χ3v) is 9.22. The van der Waals surface area contributed by atoms with Crippen molar-refractivity contribution in [2.45, 2.75) is 24.3 Å². The van der Waals surface area contributed by atoms with E-state index in [4.69, 9.17) is 4.74 Å². The fourth-order valence-corrected chi connectivity index (χ4v) is 6.55. The summed E-state index contributed by atoms with van der Waals surface area (Å²) in [6.07, 6.45) is 2.91. The van der Waals surface area contributed by atoms with Crippen molar-refractivity contribution < 1.29 is 26.4 Å². The highest BCUT2D eigenvalue weighted by atomic mass is 32.2. The highest BCUT2D eigenvalue weighted by Gasteiger charge is 2.27. The predicted molar refractivity (Wildman–Crippen MR) is 146 cm³/mol. The molecule has 1 aliphatic rings. The van der Waals surface area contributed by atoms with E-state index in [1.165, 1.54) is 20.7 Å². The highest BCUT2D eigenvalue weighted by Crippen LogP contribution is 2.23. The number of amides is 1. The van der Waals surface area contributed by atoms with Crippen LogP contribution in [0, 0.1) is 0 Å². The second kappa shape index (κ2) is 12.0. The molecule has 0 spiro atoms. The van der Waals surface area contributed by atoms with Gasteiger partial charge in [0.15, 0.2) is 0 Å². The van der Waals surface area contributed by atoms with Gasteiger partial charge < -0.3 is 10.1 Å². The van der Waals surface area contributed by atoms with Gasteiger partial charge in [-0.05, 0) is 66.9 Å². The Morgan fingerprint density at radius 3 is 2.13 bits per heavy atom. The van der Waals surface area contributed by atoms with Crippen LogP contribution in [-0.2, 0) is 26.6 Å². The lowest BCUT2D eigenvalue weighted by Crippen LogP contribution is -2.30. The molecule has 1 amide bonds. The molecule has 0 aliphatic carbocycles. The minimum Gasteiger partial charge on any atom is -0.492 e. The Bertz CT molecular complexity index is 1440. The van der Waals surface area contributed by atoms with Crippen molar-refractivity contribution in [3.05, 3.63) is 90.0 Å². The molecule has 1 aliphatic heterocycles. The van der Waals surface area contributed by atoms with Gasteiger partial charge >= 0.3 is 0 Å². The molecule has 1 heterocycles. The first-order valence-electron chi connectivity index (χ1n) is 12.3. The Morgan fingerprint density at radius 2 is 1.53 bits per heavy atom. The number of carbonyl (C=O) groups is 1. The zero-order valence-electron chi connectivity index (χ0n) is 21.1. The smallest absolute Gasteiger partial charge is 0.251 e. The molecule has 0 saturated carbocycles. The topological polar surface area (TPSA) is 113 Å². The van der Waals surface area contributed by atoms with Gasteiger partial charge in [-0.15, -0.1) is 0 Å². The lowest BCUT2D eigenvalue weighted by Gasteiger charge is -2.22. The van der Waals surface area contributed by atoms with E-state index < -0.39 is 20.0 Å². The van der Waals surface area contributed by atoms with E-state index in [-0.39, 0.29) is 30.5 Å². The highest BCUT2D eigenvalue weighted by molar-refractivity contribution is 7.92. The molecule has 0 bridgehead atoms. The van der Waals surface area contributed by atoms with E-state index in [1.807, 2.05) is 30.3 Å². The summed E-state index contributed by atoms with van der Waals surface area (Å²) < 4.78 is 58.4. The van der Waals surface area contributed by atoms with Crippen LogP contribution in [0.1, 0.15) is 28.8 Å². The second-order valence-corrected chi connectivity index (χ2v) is 12.8. The number of carbonyl (C=O) groups excluding carboxylic acids is 1. The minimum atomic E-state index is -3.53. The minimum absolute atomic E-state index is 0.188. The maximum atomic E-state index is 12.6. The molecule has 1 N–H and O–H groups in total. The van der Waals surface area contributed by atoms with Crippen molar-refractivity contribution in [2.75, 3.05) is 36.8 Å². The zero-order valence-corrected chi connectivity index (χ0v) is 22.7. The molecular weight excluding hydrogens is 526 g/mol. The van der Waals surface area contributed by atoms with Gasteiger partial charge in [-0.25, -0.2) is 16.8 Å². The van der Waals surface area contributed by atoms with Crippen LogP contribution in [0.5, 0.6) is 5.75 Å². The Labute approximate surface area is 224 Å². The lowest BCUT2D eigenvalue weighted by molar-refractivity contribution is 0.0947. The van der Waals surface area contributed by atoms with Crippen LogP contribution in [0.4, 0.5) is 5.69 Å². The Morgan fingerprint density at radius 1 is 0.895 bits per heavy atom. The van der Waals surface area contributed by atoms with E-state index in [2.05, 4.69) is 5.32 Å². The molecule has 9 nitrogen and oxygen atoms in total. The fourth-order valence-electron chi connectivity index (χ4n) is 4.15. The van der Waals surface area contributed by atoms with Crippen molar-refractivity contribution >= 4 is 31.6 Å². The summed E-state index contributed by atoms with van der Waals surface area (Å²) in [4.78, 5) is 12.8. The molecule has 202 valence electrons. The fraction of sp³-hybridized carbons (Fsp3) is 0.296. The van der Waals surface area contributed by atoms with E-state index in [0.717, 1.165) is 24.7 Å². The molecule has 0 aromatic heterocycles. The van der Waals surface area contributed by atoms with Crippen LogP contribution in [0.25, 0.3) is 0 Å². The van der Waals surface area contributed by atoms with Gasteiger partial charge in [0.25, 0.3) is 5.91 Å². The van der Waals surface area contributed by atoms with Crippen molar-refractivity contribution in [1.29, 1.82) is 0 Å². The number of benzene rings is 3. The van der Waals surface area contributed by atoms with E-state index in [9.17, 15) is 21.6 Å². The summed E-state index contributed by atoms with van der Waals surface area (Å²) in [5.74, 6) is 0.185. The summed E-state index contributed by atoms with van der Waals surface area (Å²) in [6.45, 7) is 1.71. The normalized spacial score (nSPS) is 14.2. The summed E-state index contributed by atoms with van der Waals surface area (Å²) in [6, 6.07) is 21.9. The first kappa shape index (κ1) is 27.6. The van der Waals surface area contributed by atoms with Crippen LogP contribution in [0.2, 0.25) is 0 Å². The summed E-state index contributed by atoms with van der Waals surface area (Å²) in [5, 5.41) is 2.76. The molecule has 3 aromatic carbocycles. The van der Waals surface area contributed by atoms with Gasteiger partial charge in [0.2, 0.25) is 20.0 Å². The number of nitrogens with one attached hydrogen (secondary N) is 1. The van der Waals surface area contributed by atoms with Gasteiger partial charge in [-0.3, -0.25) is 9.10 Å². The first-order valence-corrected chi connectivity index (χ1v) is 15.6. The predicted octanol–water partition coefficient (Wildman–Crippen LogP) is 3.25. The monoisotopic (exact) mass is 557 g/mol. The third kappa shape index (κ3) is 6.91. The Hall–Kier alpha value is -3.41.